The second kappa shape index (κ2) is 9.96. The lowest BCUT2D eigenvalue weighted by molar-refractivity contribution is -0.118. The number of carbonyl (C=O) groups excluding carboxylic acids is 3. The number of nitrogens with one attached hydrogen (secondary N) is 1. The van der Waals surface area contributed by atoms with Crippen LogP contribution in [0.4, 0.5) is 5.69 Å². The molecular formula is C28H27N3O3S. The summed E-state index contributed by atoms with van der Waals surface area (Å²) >= 11 is 1.67. The van der Waals surface area contributed by atoms with Crippen molar-refractivity contribution < 1.29 is 14.4 Å². The van der Waals surface area contributed by atoms with Crippen LogP contribution in [-0.2, 0) is 10.5 Å². The molecule has 2 aliphatic heterocycles. The minimum Gasteiger partial charge on any atom is -0.366 e. The summed E-state index contributed by atoms with van der Waals surface area (Å²) in [7, 11) is 0. The number of likely N-dealkylation sites (tertiary alicyclic amines) is 1. The first kappa shape index (κ1) is 23.2. The zero-order chi connectivity index (χ0) is 24.4. The minimum absolute atomic E-state index is 0.0401. The molecule has 3 amide bonds. The first-order valence-corrected chi connectivity index (χ1v) is 12.8. The van der Waals surface area contributed by atoms with Crippen LogP contribution in [-0.4, -0.2) is 35.7 Å². The number of nitrogens with two attached hydrogens (primary N) is 1. The molecule has 0 aliphatic carbocycles. The smallest absolute Gasteiger partial charge is 0.253 e. The van der Waals surface area contributed by atoms with E-state index in [9.17, 15) is 14.4 Å². The van der Waals surface area contributed by atoms with Crippen molar-refractivity contribution in [2.45, 2.75) is 29.4 Å². The molecule has 178 valence electrons. The van der Waals surface area contributed by atoms with E-state index in [1.54, 1.807) is 23.9 Å². The molecule has 0 bridgehead atoms. The lowest BCUT2D eigenvalue weighted by Gasteiger charge is -2.34. The Kier molecular flexibility index (Phi) is 6.59. The maximum Gasteiger partial charge on any atom is 0.253 e. The molecule has 2 aliphatic rings. The third kappa shape index (κ3) is 4.95. The maximum absolute atomic E-state index is 13.1. The van der Waals surface area contributed by atoms with Crippen LogP contribution in [0.25, 0.3) is 0 Å². The molecule has 3 aromatic rings. The number of benzene rings is 3. The van der Waals surface area contributed by atoms with Crippen molar-refractivity contribution in [2.75, 3.05) is 18.4 Å². The Labute approximate surface area is 208 Å². The molecular weight excluding hydrogens is 458 g/mol. The predicted molar refractivity (Wildman–Crippen MR) is 137 cm³/mol. The van der Waals surface area contributed by atoms with Crippen molar-refractivity contribution in [3.63, 3.8) is 0 Å². The van der Waals surface area contributed by atoms with Gasteiger partial charge in [-0.25, -0.2) is 0 Å². The Hall–Kier alpha value is -3.58. The molecule has 1 saturated heterocycles. The third-order valence-electron chi connectivity index (χ3n) is 6.88. The second-order valence-corrected chi connectivity index (χ2v) is 10.1. The highest BCUT2D eigenvalue weighted by Gasteiger charge is 2.38. The molecule has 1 unspecified atom stereocenters. The number of primary amides is 1. The van der Waals surface area contributed by atoms with Crippen LogP contribution in [0.3, 0.4) is 0 Å². The Morgan fingerprint density at radius 2 is 1.57 bits per heavy atom. The summed E-state index contributed by atoms with van der Waals surface area (Å²) in [6.45, 7) is 1.32. The molecule has 1 atom stereocenters. The van der Waals surface area contributed by atoms with Gasteiger partial charge in [-0.2, -0.15) is 0 Å². The number of nitrogens with zero attached hydrogens (tertiary/aromatic N) is 1. The van der Waals surface area contributed by atoms with Crippen molar-refractivity contribution >= 4 is 35.2 Å². The van der Waals surface area contributed by atoms with E-state index in [1.165, 1.54) is 0 Å². The quantitative estimate of drug-likeness (QED) is 0.497. The minimum atomic E-state index is -0.428. The van der Waals surface area contributed by atoms with Crippen molar-refractivity contribution in [2.24, 2.45) is 11.7 Å². The molecule has 35 heavy (non-hydrogen) atoms. The van der Waals surface area contributed by atoms with E-state index < -0.39 is 5.91 Å². The van der Waals surface area contributed by atoms with E-state index in [2.05, 4.69) is 5.32 Å². The number of rotatable bonds is 6. The van der Waals surface area contributed by atoms with E-state index in [4.69, 9.17) is 5.73 Å². The van der Waals surface area contributed by atoms with E-state index in [0.29, 0.717) is 24.2 Å². The number of hydrogen-bond donors (Lipinski definition) is 2. The van der Waals surface area contributed by atoms with Gasteiger partial charge in [0.2, 0.25) is 11.8 Å². The molecule has 0 saturated carbocycles. The Balaban J connectivity index is 1.15. The highest BCUT2D eigenvalue weighted by atomic mass is 32.2. The number of para-hydroxylation sites is 1. The summed E-state index contributed by atoms with van der Waals surface area (Å²) < 4.78 is 0. The van der Waals surface area contributed by atoms with Crippen LogP contribution < -0.4 is 11.1 Å². The summed E-state index contributed by atoms with van der Waals surface area (Å²) in [6.07, 6.45) is 1.64. The largest absolute Gasteiger partial charge is 0.366 e. The molecule has 0 radical (unpaired) electrons. The Morgan fingerprint density at radius 3 is 2.26 bits per heavy atom. The number of fused-ring (bicyclic) bond motifs is 1. The van der Waals surface area contributed by atoms with Gasteiger partial charge in [0.25, 0.3) is 5.91 Å². The summed E-state index contributed by atoms with van der Waals surface area (Å²) in [5, 5.41) is 3.00. The van der Waals surface area contributed by atoms with Crippen molar-refractivity contribution in [3.05, 3.63) is 95.1 Å². The zero-order valence-electron chi connectivity index (χ0n) is 19.3. The van der Waals surface area contributed by atoms with Crippen LogP contribution in [0.1, 0.15) is 50.6 Å². The Morgan fingerprint density at radius 1 is 0.914 bits per heavy atom. The number of anilines is 1. The standard InChI is InChI=1S/C28H27N3O3S/c29-26(32)20-7-5-18(6-8-20)17-35-22-11-9-21(10-12-22)28(34)31-15-13-19(14-16-31)25-23-3-1-2-4-24(23)30-27(25)33/h1-12,19,25H,13-17H2,(H2,29,32)(H,30,33). The highest BCUT2D eigenvalue weighted by Crippen LogP contribution is 2.41. The average molecular weight is 486 g/mol. The molecule has 5 rings (SSSR count). The fraction of sp³-hybridized carbons (Fsp3) is 0.250. The van der Waals surface area contributed by atoms with Gasteiger partial charge in [-0.1, -0.05) is 30.3 Å². The fourth-order valence-electron chi connectivity index (χ4n) is 4.95. The van der Waals surface area contributed by atoms with Crippen molar-refractivity contribution in [1.29, 1.82) is 0 Å². The number of hydrogen-bond acceptors (Lipinski definition) is 4. The van der Waals surface area contributed by atoms with Gasteiger partial charge in [0.1, 0.15) is 0 Å². The first-order valence-electron chi connectivity index (χ1n) is 11.8. The summed E-state index contributed by atoms with van der Waals surface area (Å²) in [4.78, 5) is 39.8. The second-order valence-electron chi connectivity index (χ2n) is 9.06. The molecule has 7 heteroatoms. The molecule has 1 fully saturated rings. The zero-order valence-corrected chi connectivity index (χ0v) is 20.1. The van der Waals surface area contributed by atoms with Gasteiger partial charge in [-0.15, -0.1) is 11.8 Å². The van der Waals surface area contributed by atoms with Crippen LogP contribution in [0.5, 0.6) is 0 Å². The normalized spacial score (nSPS) is 17.7. The van der Waals surface area contributed by atoms with Crippen LogP contribution >= 0.6 is 11.8 Å². The van der Waals surface area contributed by atoms with E-state index in [1.807, 2.05) is 65.6 Å². The molecule has 3 aromatic carbocycles. The number of carbonyl (C=O) groups is 3. The first-order chi connectivity index (χ1) is 17.0. The third-order valence-corrected chi connectivity index (χ3v) is 7.96. The summed E-state index contributed by atoms with van der Waals surface area (Å²) in [6, 6.07) is 22.9. The number of amides is 3. The Bertz CT molecular complexity index is 1250. The van der Waals surface area contributed by atoms with Crippen LogP contribution in [0.15, 0.2) is 77.7 Å². The van der Waals surface area contributed by atoms with Gasteiger partial charge in [0.15, 0.2) is 0 Å². The summed E-state index contributed by atoms with van der Waals surface area (Å²) in [5.41, 5.74) is 9.57. The molecule has 2 heterocycles. The highest BCUT2D eigenvalue weighted by molar-refractivity contribution is 7.98. The van der Waals surface area contributed by atoms with Gasteiger partial charge in [0, 0.05) is 40.6 Å². The predicted octanol–water partition coefficient (Wildman–Crippen LogP) is 4.67. The summed E-state index contributed by atoms with van der Waals surface area (Å²) in [5.74, 6) is 0.581. The lowest BCUT2D eigenvalue weighted by atomic mass is 9.80. The molecule has 6 nitrogen and oxygen atoms in total. The fourth-order valence-corrected chi connectivity index (χ4v) is 5.80. The molecule has 0 aromatic heterocycles. The lowest BCUT2D eigenvalue weighted by Crippen LogP contribution is -2.40. The maximum atomic E-state index is 13.1. The van der Waals surface area contributed by atoms with E-state index in [-0.39, 0.29) is 23.7 Å². The van der Waals surface area contributed by atoms with Gasteiger partial charge in [0.05, 0.1) is 5.92 Å². The molecule has 0 spiro atoms. The average Bonchev–Trinajstić information content (AvgIpc) is 3.23. The number of thioether (sulfide) groups is 1. The van der Waals surface area contributed by atoms with E-state index >= 15 is 0 Å². The van der Waals surface area contributed by atoms with Gasteiger partial charge in [-0.3, -0.25) is 14.4 Å². The van der Waals surface area contributed by atoms with Gasteiger partial charge in [-0.05, 0) is 72.4 Å². The van der Waals surface area contributed by atoms with Crippen molar-refractivity contribution in [1.82, 2.24) is 4.90 Å². The van der Waals surface area contributed by atoms with Gasteiger partial charge >= 0.3 is 0 Å². The topological polar surface area (TPSA) is 92.5 Å². The van der Waals surface area contributed by atoms with Crippen LogP contribution in [0, 0.1) is 5.92 Å². The van der Waals surface area contributed by atoms with Crippen molar-refractivity contribution in [3.8, 4) is 0 Å². The van der Waals surface area contributed by atoms with Crippen LogP contribution in [0.2, 0.25) is 0 Å². The molecule has 3 N–H and O–H groups in total. The monoisotopic (exact) mass is 485 g/mol. The SMILES string of the molecule is NC(=O)c1ccc(CSc2ccc(C(=O)N3CCC(C4C(=O)Nc5ccccc54)CC3)cc2)cc1. The van der Waals surface area contributed by atoms with E-state index in [0.717, 1.165) is 40.3 Å². The number of piperidine rings is 1. The van der Waals surface area contributed by atoms with Gasteiger partial charge < -0.3 is 16.0 Å².